The molecule has 0 fully saturated rings. The van der Waals surface area contributed by atoms with Crippen molar-refractivity contribution in [3.05, 3.63) is 81.2 Å². The highest BCUT2D eigenvalue weighted by Gasteiger charge is 2.14. The number of aromatic hydroxyl groups is 1. The third-order valence-electron chi connectivity index (χ3n) is 3.59. The minimum absolute atomic E-state index is 0.0242. The van der Waals surface area contributed by atoms with Gasteiger partial charge in [0.1, 0.15) is 11.6 Å². The molecule has 0 radical (unpaired) electrons. The molecule has 1 aromatic heterocycles. The van der Waals surface area contributed by atoms with Crippen molar-refractivity contribution in [1.29, 1.82) is 0 Å². The van der Waals surface area contributed by atoms with Gasteiger partial charge in [-0.2, -0.15) is 0 Å². The smallest absolute Gasteiger partial charge is 0.261 e. The first kappa shape index (κ1) is 17.0. The maximum absolute atomic E-state index is 13.9. The van der Waals surface area contributed by atoms with Crippen molar-refractivity contribution >= 4 is 11.6 Å². The number of phenolic OH excluding ortho intramolecular Hbond substituents is 1. The summed E-state index contributed by atoms with van der Waals surface area (Å²) >= 11 is 5.57. The van der Waals surface area contributed by atoms with E-state index >= 15 is 0 Å². The van der Waals surface area contributed by atoms with E-state index in [4.69, 9.17) is 11.6 Å². The summed E-state index contributed by atoms with van der Waals surface area (Å²) in [5, 5.41) is 9.13. The van der Waals surface area contributed by atoms with Crippen molar-refractivity contribution in [2.45, 2.75) is 6.54 Å². The number of hydrogen-bond donors (Lipinski definition) is 1. The van der Waals surface area contributed by atoms with E-state index in [0.717, 1.165) is 35.2 Å². The van der Waals surface area contributed by atoms with Gasteiger partial charge in [0.05, 0.1) is 18.4 Å². The van der Waals surface area contributed by atoms with Crippen LogP contribution in [-0.4, -0.2) is 14.7 Å². The van der Waals surface area contributed by atoms with E-state index in [1.165, 1.54) is 12.3 Å². The number of aromatic nitrogens is 2. The van der Waals surface area contributed by atoms with E-state index < -0.39 is 35.3 Å². The summed E-state index contributed by atoms with van der Waals surface area (Å²) < 4.78 is 42.3. The Kier molecular flexibility index (Phi) is 4.50. The molecule has 128 valence electrons. The summed E-state index contributed by atoms with van der Waals surface area (Å²) in [5.41, 5.74) is -0.758. The lowest BCUT2D eigenvalue weighted by molar-refractivity contribution is 0.432. The number of hydrogen-bond acceptors (Lipinski definition) is 3. The number of rotatable bonds is 3. The zero-order valence-corrected chi connectivity index (χ0v) is 13.3. The van der Waals surface area contributed by atoms with E-state index in [0.29, 0.717) is 0 Å². The van der Waals surface area contributed by atoms with Crippen LogP contribution in [0.2, 0.25) is 5.02 Å². The van der Waals surface area contributed by atoms with Gasteiger partial charge >= 0.3 is 0 Å². The topological polar surface area (TPSA) is 55.1 Å². The molecule has 0 bridgehead atoms. The van der Waals surface area contributed by atoms with Crippen LogP contribution in [0.4, 0.5) is 13.2 Å². The highest BCUT2D eigenvalue weighted by molar-refractivity contribution is 6.30. The Bertz CT molecular complexity index is 998. The van der Waals surface area contributed by atoms with Crippen LogP contribution in [0.1, 0.15) is 5.56 Å². The van der Waals surface area contributed by atoms with E-state index in [1.807, 2.05) is 0 Å². The van der Waals surface area contributed by atoms with E-state index in [9.17, 15) is 23.1 Å². The summed E-state index contributed by atoms with van der Waals surface area (Å²) in [6.07, 6.45) is 2.33. The number of halogens is 4. The monoisotopic (exact) mass is 366 g/mol. The maximum atomic E-state index is 13.9. The fourth-order valence-corrected chi connectivity index (χ4v) is 2.52. The normalized spacial score (nSPS) is 10.9. The van der Waals surface area contributed by atoms with E-state index in [1.54, 1.807) is 0 Å². The largest absolute Gasteiger partial charge is 0.505 e. The predicted octanol–water partition coefficient (Wildman–Crippen LogP) is 3.73. The molecule has 0 amide bonds. The molecule has 1 heterocycles. The number of nitrogens with zero attached hydrogens (tertiary/aromatic N) is 2. The Morgan fingerprint density at radius 3 is 2.40 bits per heavy atom. The van der Waals surface area contributed by atoms with Crippen LogP contribution in [0.3, 0.4) is 0 Å². The molecule has 0 spiro atoms. The van der Waals surface area contributed by atoms with Gasteiger partial charge in [0, 0.05) is 16.8 Å². The Balaban J connectivity index is 2.05. The Morgan fingerprint density at radius 1 is 1.08 bits per heavy atom. The van der Waals surface area contributed by atoms with Gasteiger partial charge in [0.2, 0.25) is 0 Å². The zero-order valence-electron chi connectivity index (χ0n) is 12.5. The van der Waals surface area contributed by atoms with Crippen molar-refractivity contribution < 1.29 is 18.3 Å². The van der Waals surface area contributed by atoms with Gasteiger partial charge in [-0.3, -0.25) is 9.36 Å². The summed E-state index contributed by atoms with van der Waals surface area (Å²) in [4.78, 5) is 16.4. The van der Waals surface area contributed by atoms with Crippen molar-refractivity contribution in [1.82, 2.24) is 9.55 Å². The average Bonchev–Trinajstić information content (AvgIpc) is 2.55. The first-order valence-electron chi connectivity index (χ1n) is 7.03. The summed E-state index contributed by atoms with van der Waals surface area (Å²) in [6.45, 7) is -0.408. The molecular weight excluding hydrogens is 357 g/mol. The second kappa shape index (κ2) is 6.60. The minimum atomic E-state index is -0.901. The number of phenols is 1. The lowest BCUT2D eigenvalue weighted by Crippen LogP contribution is -2.23. The van der Waals surface area contributed by atoms with Crippen molar-refractivity contribution in [3.8, 4) is 16.9 Å². The highest BCUT2D eigenvalue weighted by atomic mass is 35.5. The standard InChI is InChI=1S/C17H10ClF3N2O2/c18-10-4-13(19)12(14(20)5-10)7-23-8-22-6-11(17(23)25)9-1-2-16(24)15(21)3-9/h1-6,8,24H,7H2. The molecule has 25 heavy (non-hydrogen) atoms. The minimum Gasteiger partial charge on any atom is -0.505 e. The molecule has 3 aromatic rings. The molecule has 0 unspecified atom stereocenters. The molecule has 0 atom stereocenters. The third-order valence-corrected chi connectivity index (χ3v) is 3.81. The van der Waals surface area contributed by atoms with Gasteiger partial charge in [0.25, 0.3) is 5.56 Å². The van der Waals surface area contributed by atoms with Crippen LogP contribution in [0, 0.1) is 17.5 Å². The van der Waals surface area contributed by atoms with Crippen LogP contribution in [0.25, 0.3) is 11.1 Å². The zero-order chi connectivity index (χ0) is 18.1. The van der Waals surface area contributed by atoms with Gasteiger partial charge in [-0.1, -0.05) is 17.7 Å². The summed E-state index contributed by atoms with van der Waals surface area (Å²) in [7, 11) is 0. The first-order chi connectivity index (χ1) is 11.9. The first-order valence-corrected chi connectivity index (χ1v) is 7.41. The summed E-state index contributed by atoms with van der Waals surface area (Å²) in [6, 6.07) is 5.29. The molecule has 0 saturated carbocycles. The lowest BCUT2D eigenvalue weighted by Gasteiger charge is -2.10. The maximum Gasteiger partial charge on any atom is 0.261 e. The van der Waals surface area contributed by atoms with Crippen LogP contribution in [0.15, 0.2) is 47.7 Å². The molecule has 0 aliphatic rings. The average molecular weight is 367 g/mol. The highest BCUT2D eigenvalue weighted by Crippen LogP contribution is 2.23. The molecule has 3 rings (SSSR count). The number of benzene rings is 2. The predicted molar refractivity (Wildman–Crippen MR) is 86.0 cm³/mol. The molecule has 4 nitrogen and oxygen atoms in total. The van der Waals surface area contributed by atoms with Gasteiger partial charge in [-0.15, -0.1) is 0 Å². The third kappa shape index (κ3) is 3.36. The molecular formula is C17H10ClF3N2O2. The van der Waals surface area contributed by atoms with Gasteiger partial charge in [-0.25, -0.2) is 18.2 Å². The molecule has 0 aliphatic heterocycles. The Morgan fingerprint density at radius 2 is 1.76 bits per heavy atom. The molecule has 0 aliphatic carbocycles. The SMILES string of the molecule is O=c1c(-c2ccc(O)c(F)c2)cncn1Cc1c(F)cc(Cl)cc1F. The van der Waals surface area contributed by atoms with E-state index in [2.05, 4.69) is 4.98 Å². The van der Waals surface area contributed by atoms with Crippen LogP contribution >= 0.6 is 11.6 Å². The van der Waals surface area contributed by atoms with Crippen molar-refractivity contribution in [2.75, 3.05) is 0 Å². The second-order valence-electron chi connectivity index (χ2n) is 5.25. The van der Waals surface area contributed by atoms with E-state index in [-0.39, 0.29) is 21.7 Å². The molecule has 8 heteroatoms. The summed E-state index contributed by atoms with van der Waals surface area (Å²) in [5.74, 6) is -3.24. The fraction of sp³-hybridized carbons (Fsp3) is 0.0588. The Labute approximate surface area is 144 Å². The van der Waals surface area contributed by atoms with Crippen LogP contribution in [-0.2, 0) is 6.54 Å². The molecule has 0 saturated heterocycles. The lowest BCUT2D eigenvalue weighted by atomic mass is 10.1. The quantitative estimate of drug-likeness (QED) is 0.768. The molecule has 2 aromatic carbocycles. The molecule has 1 N–H and O–H groups in total. The van der Waals surface area contributed by atoms with Crippen LogP contribution < -0.4 is 5.56 Å². The van der Waals surface area contributed by atoms with Crippen molar-refractivity contribution in [3.63, 3.8) is 0 Å². The van der Waals surface area contributed by atoms with Gasteiger partial charge in [0.15, 0.2) is 11.6 Å². The second-order valence-corrected chi connectivity index (χ2v) is 5.69. The van der Waals surface area contributed by atoms with Crippen molar-refractivity contribution in [2.24, 2.45) is 0 Å². The van der Waals surface area contributed by atoms with Gasteiger partial charge in [-0.05, 0) is 29.8 Å². The fourth-order valence-electron chi connectivity index (χ4n) is 2.33. The van der Waals surface area contributed by atoms with Gasteiger partial charge < -0.3 is 5.11 Å². The Hall–Kier alpha value is -2.80. The van der Waals surface area contributed by atoms with Crippen LogP contribution in [0.5, 0.6) is 5.75 Å².